The van der Waals surface area contributed by atoms with E-state index in [-0.39, 0.29) is 35.8 Å². The van der Waals surface area contributed by atoms with Crippen LogP contribution in [0.2, 0.25) is 0 Å². The average Bonchev–Trinajstić information content (AvgIpc) is 2.68. The Labute approximate surface area is 188 Å². The quantitative estimate of drug-likeness (QED) is 0.466. The van der Waals surface area contributed by atoms with Crippen molar-refractivity contribution >= 4 is 17.8 Å². The van der Waals surface area contributed by atoms with Crippen LogP contribution in [0, 0.1) is 11.3 Å². The number of rotatable bonds is 8. The van der Waals surface area contributed by atoms with Gasteiger partial charge in [0.05, 0.1) is 18.7 Å². The highest BCUT2D eigenvalue weighted by atomic mass is 16.5. The first-order chi connectivity index (χ1) is 14.3. The molecule has 0 bridgehead atoms. The summed E-state index contributed by atoms with van der Waals surface area (Å²) in [7, 11) is 3.70. The fourth-order valence-electron chi connectivity index (χ4n) is 3.96. The molecule has 1 aliphatic heterocycles. The molecule has 1 N–H and O–H groups in total. The molecule has 0 saturated carbocycles. The van der Waals surface area contributed by atoms with E-state index in [1.165, 1.54) is 0 Å². The van der Waals surface area contributed by atoms with Crippen molar-refractivity contribution < 1.29 is 19.1 Å². The van der Waals surface area contributed by atoms with Gasteiger partial charge in [-0.15, -0.1) is 0 Å². The molecule has 0 radical (unpaired) electrons. The highest BCUT2D eigenvalue weighted by Gasteiger charge is 2.39. The van der Waals surface area contributed by atoms with Crippen LogP contribution in [0.25, 0.3) is 0 Å². The number of hydrogen-bond acceptors (Lipinski definition) is 5. The molecule has 0 unspecified atom stereocenters. The van der Waals surface area contributed by atoms with Gasteiger partial charge in [-0.1, -0.05) is 47.1 Å². The van der Waals surface area contributed by atoms with Crippen molar-refractivity contribution in [1.29, 1.82) is 0 Å². The number of carbonyl (C=O) groups is 3. The number of ether oxygens (including phenoxy) is 1. The normalized spacial score (nSPS) is 20.2. The molecule has 0 spiro atoms. The minimum absolute atomic E-state index is 0.0825. The topological polar surface area (TPSA) is 79.0 Å². The van der Waals surface area contributed by atoms with Gasteiger partial charge in [0.15, 0.2) is 0 Å². The van der Waals surface area contributed by atoms with Gasteiger partial charge in [-0.3, -0.25) is 14.5 Å². The Morgan fingerprint density at radius 3 is 2.32 bits per heavy atom. The third-order valence-electron chi connectivity index (χ3n) is 5.97. The number of likely N-dealkylation sites (tertiary alicyclic amines) is 1. The van der Waals surface area contributed by atoms with E-state index in [0.29, 0.717) is 12.2 Å². The minimum atomic E-state index is -0.669. The smallest absolute Gasteiger partial charge is 0.333 e. The SMILES string of the molecule is CCOC(=O)C(C)=C[C@@H](C(C)C)N(C)C(=O)[C@@H](NC(=O)[C@H]1CCCCN1C)C(C)(C)C. The third-order valence-corrected chi connectivity index (χ3v) is 5.97. The number of likely N-dealkylation sites (N-methyl/N-ethyl adjacent to an activating group) is 2. The number of hydrogen-bond donors (Lipinski definition) is 1. The highest BCUT2D eigenvalue weighted by molar-refractivity contribution is 5.91. The Balaban J connectivity index is 3.10. The summed E-state index contributed by atoms with van der Waals surface area (Å²) in [5.74, 6) is -0.553. The Morgan fingerprint density at radius 1 is 1.23 bits per heavy atom. The molecule has 3 atom stereocenters. The van der Waals surface area contributed by atoms with Crippen LogP contribution in [0.15, 0.2) is 11.6 Å². The molecular formula is C24H43N3O4. The molecule has 0 aromatic rings. The first kappa shape index (κ1) is 27.1. The van der Waals surface area contributed by atoms with E-state index in [2.05, 4.69) is 10.2 Å². The van der Waals surface area contributed by atoms with Gasteiger partial charge in [0, 0.05) is 12.6 Å². The molecule has 178 valence electrons. The maximum absolute atomic E-state index is 13.6. The monoisotopic (exact) mass is 437 g/mol. The van der Waals surface area contributed by atoms with Gasteiger partial charge in [0.1, 0.15) is 6.04 Å². The van der Waals surface area contributed by atoms with Gasteiger partial charge in [-0.25, -0.2) is 4.79 Å². The number of piperidine rings is 1. The summed E-state index contributed by atoms with van der Waals surface area (Å²) < 4.78 is 5.08. The molecule has 0 aliphatic carbocycles. The van der Waals surface area contributed by atoms with Crippen LogP contribution in [0.5, 0.6) is 0 Å². The number of amides is 2. The van der Waals surface area contributed by atoms with Crippen molar-refractivity contribution in [3.63, 3.8) is 0 Å². The molecule has 7 nitrogen and oxygen atoms in total. The Morgan fingerprint density at radius 2 is 1.84 bits per heavy atom. The fraction of sp³-hybridized carbons (Fsp3) is 0.792. The van der Waals surface area contributed by atoms with Crippen LogP contribution in [0.4, 0.5) is 0 Å². The second kappa shape index (κ2) is 11.7. The van der Waals surface area contributed by atoms with E-state index < -0.39 is 11.5 Å². The maximum atomic E-state index is 13.6. The van der Waals surface area contributed by atoms with Crippen molar-refractivity contribution in [3.05, 3.63) is 11.6 Å². The first-order valence-corrected chi connectivity index (χ1v) is 11.4. The largest absolute Gasteiger partial charge is 0.463 e. The van der Waals surface area contributed by atoms with Gasteiger partial charge < -0.3 is 15.0 Å². The van der Waals surface area contributed by atoms with Gasteiger partial charge in [-0.2, -0.15) is 0 Å². The van der Waals surface area contributed by atoms with Gasteiger partial charge in [-0.05, 0) is 51.6 Å². The van der Waals surface area contributed by atoms with E-state index in [1.807, 2.05) is 41.7 Å². The lowest BCUT2D eigenvalue weighted by Gasteiger charge is -2.39. The Hall–Kier alpha value is -1.89. The van der Waals surface area contributed by atoms with E-state index in [9.17, 15) is 14.4 Å². The lowest BCUT2D eigenvalue weighted by Crippen LogP contribution is -2.59. The van der Waals surface area contributed by atoms with E-state index >= 15 is 0 Å². The predicted octanol–water partition coefficient (Wildman–Crippen LogP) is 2.99. The second-order valence-corrected chi connectivity index (χ2v) is 10.1. The van der Waals surface area contributed by atoms with Crippen LogP contribution in [-0.2, 0) is 19.1 Å². The van der Waals surface area contributed by atoms with Gasteiger partial charge in [0.2, 0.25) is 11.8 Å². The standard InChI is InChI=1S/C24H43N3O4/c1-10-31-23(30)17(4)15-19(16(2)3)27(9)22(29)20(24(5,6)7)25-21(28)18-13-11-12-14-26(18)8/h15-16,18-20H,10-14H2,1-9H3,(H,25,28)/t18-,19+,20-/m1/s1. The van der Waals surface area contributed by atoms with Crippen molar-refractivity contribution in [3.8, 4) is 0 Å². The molecule has 7 heteroatoms. The minimum Gasteiger partial charge on any atom is -0.463 e. The molecule has 1 rings (SSSR count). The Kier molecular flexibility index (Phi) is 10.2. The zero-order valence-electron chi connectivity index (χ0n) is 20.9. The maximum Gasteiger partial charge on any atom is 0.333 e. The van der Waals surface area contributed by atoms with Crippen molar-refractivity contribution in [2.75, 3.05) is 27.2 Å². The van der Waals surface area contributed by atoms with Crippen LogP contribution >= 0.6 is 0 Å². The molecule has 1 saturated heterocycles. The number of nitrogens with zero attached hydrogens (tertiary/aromatic N) is 2. The van der Waals surface area contributed by atoms with Crippen molar-refractivity contribution in [2.24, 2.45) is 11.3 Å². The summed E-state index contributed by atoms with van der Waals surface area (Å²) in [6.07, 6.45) is 4.70. The summed E-state index contributed by atoms with van der Waals surface area (Å²) in [6, 6.07) is -1.17. The molecule has 1 fully saturated rings. The van der Waals surface area contributed by atoms with E-state index in [0.717, 1.165) is 25.8 Å². The summed E-state index contributed by atoms with van der Waals surface area (Å²) >= 11 is 0. The summed E-state index contributed by atoms with van der Waals surface area (Å²) in [5, 5.41) is 3.04. The third kappa shape index (κ3) is 7.63. The van der Waals surface area contributed by atoms with Crippen molar-refractivity contribution in [1.82, 2.24) is 15.1 Å². The van der Waals surface area contributed by atoms with Crippen LogP contribution in [0.3, 0.4) is 0 Å². The van der Waals surface area contributed by atoms with E-state index in [4.69, 9.17) is 4.74 Å². The molecule has 31 heavy (non-hydrogen) atoms. The number of carbonyl (C=O) groups excluding carboxylic acids is 3. The zero-order valence-corrected chi connectivity index (χ0v) is 20.9. The molecule has 1 aliphatic rings. The molecule has 1 heterocycles. The first-order valence-electron chi connectivity index (χ1n) is 11.4. The van der Waals surface area contributed by atoms with E-state index in [1.54, 1.807) is 31.9 Å². The van der Waals surface area contributed by atoms with Crippen molar-refractivity contribution in [2.45, 2.75) is 85.9 Å². The van der Waals surface area contributed by atoms with Gasteiger partial charge in [0.25, 0.3) is 0 Å². The molecular weight excluding hydrogens is 394 g/mol. The predicted molar refractivity (Wildman–Crippen MR) is 123 cm³/mol. The number of nitrogens with one attached hydrogen (secondary N) is 1. The van der Waals surface area contributed by atoms with Crippen LogP contribution in [-0.4, -0.2) is 73.0 Å². The Bertz CT molecular complexity index is 666. The highest BCUT2D eigenvalue weighted by Crippen LogP contribution is 2.25. The molecule has 2 amide bonds. The van der Waals surface area contributed by atoms with Gasteiger partial charge >= 0.3 is 5.97 Å². The summed E-state index contributed by atoms with van der Waals surface area (Å²) in [6.45, 7) is 14.5. The zero-order chi connectivity index (χ0) is 23.9. The van der Waals surface area contributed by atoms with Crippen LogP contribution in [0.1, 0.15) is 67.7 Å². The lowest BCUT2D eigenvalue weighted by atomic mass is 9.84. The average molecular weight is 438 g/mol. The van der Waals surface area contributed by atoms with Crippen LogP contribution < -0.4 is 5.32 Å². The summed E-state index contributed by atoms with van der Waals surface area (Å²) in [4.78, 5) is 42.4. The molecule has 0 aromatic carbocycles. The lowest BCUT2D eigenvalue weighted by molar-refractivity contribution is -0.141. The molecule has 0 aromatic heterocycles. The fourth-order valence-corrected chi connectivity index (χ4v) is 3.96. The second-order valence-electron chi connectivity index (χ2n) is 10.1. The summed E-state index contributed by atoms with van der Waals surface area (Å²) in [5.41, 5.74) is 0.00994. The number of esters is 1.